The molecule has 1 heterocycles. The Bertz CT molecular complexity index is 1670. The number of esters is 1. The first kappa shape index (κ1) is 28.4. The fourth-order valence-electron chi connectivity index (χ4n) is 3.88. The van der Waals surface area contributed by atoms with Gasteiger partial charge in [0.1, 0.15) is 11.8 Å². The van der Waals surface area contributed by atoms with E-state index < -0.39 is 39.3 Å². The maximum atomic E-state index is 13.2. The highest BCUT2D eigenvalue weighted by molar-refractivity contribution is 7.92. The second-order valence-corrected chi connectivity index (χ2v) is 11.9. The number of anilines is 1. The average Bonchev–Trinajstić information content (AvgIpc) is 3.31. The lowest BCUT2D eigenvalue weighted by Gasteiger charge is -2.17. The Kier molecular flexibility index (Phi) is 7.96. The Balaban J connectivity index is 1.51. The molecular weight excluding hydrogens is 534 g/mol. The van der Waals surface area contributed by atoms with Gasteiger partial charge in [-0.15, -0.1) is 0 Å². The number of carboxylic acid groups (broad SMARTS) is 1. The Morgan fingerprint density at radius 2 is 1.60 bits per heavy atom. The van der Waals surface area contributed by atoms with Gasteiger partial charge in [-0.2, -0.15) is 0 Å². The van der Waals surface area contributed by atoms with Crippen molar-refractivity contribution in [3.8, 4) is 5.75 Å². The van der Waals surface area contributed by atoms with E-state index in [9.17, 15) is 27.9 Å². The molecule has 4 aromatic rings. The van der Waals surface area contributed by atoms with Gasteiger partial charge < -0.3 is 20.1 Å². The fourth-order valence-corrected chi connectivity index (χ4v) is 4.96. The van der Waals surface area contributed by atoms with Crippen molar-refractivity contribution in [2.45, 2.75) is 38.1 Å². The van der Waals surface area contributed by atoms with Gasteiger partial charge in [0.15, 0.2) is 0 Å². The monoisotopic (exact) mass is 563 g/mol. The number of aromatic amines is 1. The molecule has 1 aromatic heterocycles. The standard InChI is InChI=1S/C29H29N3O7S/c1-29(2,3)28(36)39-19-12-14-20(15-13-19)40(37,38)32-24-11-7-5-9-22(24)26(33)31-25(27(34)35)16-18-17-30-23-10-6-4-8-21(18)23/h4-15,17,25,30,32H,16H2,1-3H3,(H,31,33)(H,34,35)/t25-/m0/s1. The van der Waals surface area contributed by atoms with Crippen LogP contribution in [0.2, 0.25) is 0 Å². The molecule has 0 fully saturated rings. The highest BCUT2D eigenvalue weighted by Crippen LogP contribution is 2.24. The van der Waals surface area contributed by atoms with Crippen LogP contribution in [-0.4, -0.2) is 42.4 Å². The van der Waals surface area contributed by atoms with Crippen molar-refractivity contribution in [3.63, 3.8) is 0 Å². The molecule has 11 heteroatoms. The molecule has 208 valence electrons. The summed E-state index contributed by atoms with van der Waals surface area (Å²) >= 11 is 0. The van der Waals surface area contributed by atoms with Gasteiger partial charge >= 0.3 is 11.9 Å². The van der Waals surface area contributed by atoms with E-state index in [1.165, 1.54) is 36.4 Å². The van der Waals surface area contributed by atoms with Crippen LogP contribution in [0.3, 0.4) is 0 Å². The average molecular weight is 564 g/mol. The van der Waals surface area contributed by atoms with Crippen molar-refractivity contribution in [1.29, 1.82) is 0 Å². The number of hydrogen-bond acceptors (Lipinski definition) is 6. The van der Waals surface area contributed by atoms with Gasteiger partial charge in [-0.1, -0.05) is 30.3 Å². The van der Waals surface area contributed by atoms with Crippen molar-refractivity contribution in [2.24, 2.45) is 5.41 Å². The Morgan fingerprint density at radius 1 is 0.950 bits per heavy atom. The van der Waals surface area contributed by atoms with Gasteiger partial charge in [0.05, 0.1) is 21.6 Å². The van der Waals surface area contributed by atoms with E-state index in [4.69, 9.17) is 4.74 Å². The number of aromatic nitrogens is 1. The number of carboxylic acids is 1. The molecule has 0 saturated heterocycles. The number of sulfonamides is 1. The van der Waals surface area contributed by atoms with Gasteiger partial charge in [0.2, 0.25) is 0 Å². The molecule has 0 spiro atoms. The van der Waals surface area contributed by atoms with Gasteiger partial charge in [-0.05, 0) is 68.8 Å². The maximum absolute atomic E-state index is 13.2. The van der Waals surface area contributed by atoms with E-state index in [2.05, 4.69) is 15.0 Å². The lowest BCUT2D eigenvalue weighted by atomic mass is 9.97. The number of benzene rings is 3. The number of hydrogen-bond donors (Lipinski definition) is 4. The topological polar surface area (TPSA) is 155 Å². The van der Waals surface area contributed by atoms with Gasteiger partial charge in [-0.3, -0.25) is 14.3 Å². The Hall–Kier alpha value is -4.64. The molecule has 3 aromatic carbocycles. The second-order valence-electron chi connectivity index (χ2n) is 10.2. The number of H-pyrrole nitrogens is 1. The molecule has 0 unspecified atom stereocenters. The molecule has 1 atom stereocenters. The minimum Gasteiger partial charge on any atom is -0.480 e. The molecule has 4 rings (SSSR count). The third-order valence-corrected chi connectivity index (χ3v) is 7.46. The molecule has 40 heavy (non-hydrogen) atoms. The van der Waals surface area contributed by atoms with Crippen LogP contribution in [0.4, 0.5) is 5.69 Å². The normalized spacial score (nSPS) is 12.5. The molecule has 0 bridgehead atoms. The summed E-state index contributed by atoms with van der Waals surface area (Å²) in [6, 6.07) is 17.3. The van der Waals surface area contributed by atoms with E-state index in [-0.39, 0.29) is 28.3 Å². The van der Waals surface area contributed by atoms with Crippen LogP contribution in [0.15, 0.2) is 83.9 Å². The lowest BCUT2D eigenvalue weighted by molar-refractivity contribution is -0.143. The molecule has 0 aliphatic carbocycles. The Labute approximate surface area is 231 Å². The number of rotatable bonds is 9. The number of carbonyl (C=O) groups excluding carboxylic acids is 2. The predicted octanol–water partition coefficient (Wildman–Crippen LogP) is 4.35. The summed E-state index contributed by atoms with van der Waals surface area (Å²) in [6.07, 6.45) is 1.72. The highest BCUT2D eigenvalue weighted by Gasteiger charge is 2.26. The van der Waals surface area contributed by atoms with E-state index in [1.807, 2.05) is 24.3 Å². The number of nitrogens with one attached hydrogen (secondary N) is 3. The maximum Gasteiger partial charge on any atom is 0.326 e. The van der Waals surface area contributed by atoms with Crippen molar-refractivity contribution < 1.29 is 32.6 Å². The molecule has 0 radical (unpaired) electrons. The molecule has 0 saturated carbocycles. The zero-order valence-corrected chi connectivity index (χ0v) is 22.9. The van der Waals surface area contributed by atoms with Gasteiger partial charge in [-0.25, -0.2) is 13.2 Å². The van der Waals surface area contributed by atoms with E-state index in [1.54, 1.807) is 39.1 Å². The van der Waals surface area contributed by atoms with Crippen LogP contribution in [0.5, 0.6) is 5.75 Å². The van der Waals surface area contributed by atoms with Crippen molar-refractivity contribution in [3.05, 3.63) is 90.1 Å². The molecule has 10 nitrogen and oxygen atoms in total. The Morgan fingerprint density at radius 3 is 2.27 bits per heavy atom. The summed E-state index contributed by atoms with van der Waals surface area (Å²) in [6.45, 7) is 5.10. The first-order valence-corrected chi connectivity index (χ1v) is 13.9. The van der Waals surface area contributed by atoms with Gasteiger partial charge in [0.25, 0.3) is 15.9 Å². The number of para-hydroxylation sites is 2. The van der Waals surface area contributed by atoms with Crippen LogP contribution >= 0.6 is 0 Å². The summed E-state index contributed by atoms with van der Waals surface area (Å²) in [5.74, 6) is -2.27. The van der Waals surface area contributed by atoms with E-state index in [0.29, 0.717) is 5.56 Å². The molecule has 1 amide bonds. The van der Waals surface area contributed by atoms with Crippen LogP contribution in [0.1, 0.15) is 36.7 Å². The summed E-state index contributed by atoms with van der Waals surface area (Å²) in [4.78, 5) is 40.2. The first-order chi connectivity index (χ1) is 18.8. The predicted molar refractivity (Wildman–Crippen MR) is 150 cm³/mol. The summed E-state index contributed by atoms with van der Waals surface area (Å²) in [5.41, 5.74) is 0.750. The number of amides is 1. The zero-order valence-electron chi connectivity index (χ0n) is 22.1. The van der Waals surface area contributed by atoms with Crippen molar-refractivity contribution >= 4 is 44.5 Å². The third-order valence-electron chi connectivity index (χ3n) is 6.08. The quantitative estimate of drug-likeness (QED) is 0.174. The minimum absolute atomic E-state index is 0.0190. The van der Waals surface area contributed by atoms with E-state index in [0.717, 1.165) is 10.9 Å². The molecule has 0 aliphatic rings. The van der Waals surface area contributed by atoms with Crippen LogP contribution in [0.25, 0.3) is 10.9 Å². The minimum atomic E-state index is -4.14. The fraction of sp³-hybridized carbons (Fsp3) is 0.207. The van der Waals surface area contributed by atoms with Crippen LogP contribution in [0, 0.1) is 5.41 Å². The second kappa shape index (κ2) is 11.2. The summed E-state index contributed by atoms with van der Waals surface area (Å²) in [5, 5.41) is 13.1. The van der Waals surface area contributed by atoms with Crippen molar-refractivity contribution in [1.82, 2.24) is 10.3 Å². The first-order valence-electron chi connectivity index (χ1n) is 12.4. The number of aliphatic carboxylic acids is 1. The van der Waals surface area contributed by atoms with E-state index >= 15 is 0 Å². The molecule has 4 N–H and O–H groups in total. The highest BCUT2D eigenvalue weighted by atomic mass is 32.2. The summed E-state index contributed by atoms with van der Waals surface area (Å²) in [7, 11) is -4.14. The van der Waals surface area contributed by atoms with Crippen LogP contribution < -0.4 is 14.8 Å². The SMILES string of the molecule is CC(C)(C)C(=O)Oc1ccc(S(=O)(=O)Nc2ccccc2C(=O)N[C@@H](Cc2c[nH]c3ccccc23)C(=O)O)cc1. The number of carbonyl (C=O) groups is 3. The third kappa shape index (κ3) is 6.49. The zero-order chi connectivity index (χ0) is 29.1. The number of fused-ring (bicyclic) bond motifs is 1. The largest absolute Gasteiger partial charge is 0.480 e. The molecular formula is C29H29N3O7S. The van der Waals surface area contributed by atoms with Crippen molar-refractivity contribution in [2.75, 3.05) is 4.72 Å². The van der Waals surface area contributed by atoms with Gasteiger partial charge in [0, 0.05) is 23.5 Å². The molecule has 0 aliphatic heterocycles. The summed E-state index contributed by atoms with van der Waals surface area (Å²) < 4.78 is 33.8. The number of ether oxygens (including phenoxy) is 1. The van der Waals surface area contributed by atoms with Crippen LogP contribution in [-0.2, 0) is 26.0 Å². The smallest absolute Gasteiger partial charge is 0.326 e. The lowest BCUT2D eigenvalue weighted by Crippen LogP contribution is -2.42.